The number of piperidine rings is 1. The Morgan fingerprint density at radius 3 is 2.82 bits per heavy atom. The quantitative estimate of drug-likeness (QED) is 0.566. The highest BCUT2D eigenvalue weighted by atomic mass is 32.2. The van der Waals surface area contributed by atoms with E-state index in [4.69, 9.17) is 4.74 Å². The summed E-state index contributed by atoms with van der Waals surface area (Å²) < 4.78 is 7.04. The second-order valence-corrected chi connectivity index (χ2v) is 7.13. The summed E-state index contributed by atoms with van der Waals surface area (Å²) in [6, 6.07) is 0. The van der Waals surface area contributed by atoms with Crippen LogP contribution in [-0.2, 0) is 16.1 Å². The minimum atomic E-state index is 0.204. The zero-order valence-corrected chi connectivity index (χ0v) is 14.5. The van der Waals surface area contributed by atoms with Crippen molar-refractivity contribution in [3.63, 3.8) is 0 Å². The third kappa shape index (κ3) is 4.98. The van der Waals surface area contributed by atoms with E-state index in [-0.39, 0.29) is 5.91 Å². The van der Waals surface area contributed by atoms with Crippen molar-refractivity contribution in [2.24, 2.45) is 11.8 Å². The summed E-state index contributed by atoms with van der Waals surface area (Å²) in [5, 5.41) is 8.86. The lowest BCUT2D eigenvalue weighted by Crippen LogP contribution is -2.43. The van der Waals surface area contributed by atoms with Crippen LogP contribution in [0.5, 0.6) is 0 Å². The first-order valence-electron chi connectivity index (χ1n) is 7.87. The van der Waals surface area contributed by atoms with Crippen molar-refractivity contribution in [2.45, 2.75) is 38.4 Å². The van der Waals surface area contributed by atoms with Gasteiger partial charge in [-0.25, -0.2) is 0 Å². The molecule has 124 valence electrons. The average Bonchev–Trinajstić information content (AvgIpc) is 2.91. The van der Waals surface area contributed by atoms with Crippen molar-refractivity contribution in [3.05, 3.63) is 6.33 Å². The average molecular weight is 326 g/mol. The van der Waals surface area contributed by atoms with Gasteiger partial charge in [-0.05, 0) is 24.7 Å². The van der Waals surface area contributed by atoms with E-state index < -0.39 is 0 Å². The molecule has 1 amide bonds. The van der Waals surface area contributed by atoms with Crippen LogP contribution >= 0.6 is 11.8 Å². The molecule has 0 aliphatic carbocycles. The van der Waals surface area contributed by atoms with Crippen molar-refractivity contribution in [1.29, 1.82) is 0 Å². The molecule has 0 N–H and O–H groups in total. The SMILES string of the molecule is COCCCn1cnnc1SCC(=O)N1CC(C)CC(C)C1. The fraction of sp³-hybridized carbons (Fsp3) is 0.800. The van der Waals surface area contributed by atoms with Crippen LogP contribution in [0.4, 0.5) is 0 Å². The Morgan fingerprint density at radius 1 is 1.41 bits per heavy atom. The molecule has 0 saturated carbocycles. The third-order valence-corrected chi connectivity index (χ3v) is 4.84. The molecule has 0 bridgehead atoms. The van der Waals surface area contributed by atoms with E-state index in [2.05, 4.69) is 24.0 Å². The first kappa shape index (κ1) is 17.3. The fourth-order valence-electron chi connectivity index (χ4n) is 2.97. The van der Waals surface area contributed by atoms with Crippen LogP contribution in [0.25, 0.3) is 0 Å². The van der Waals surface area contributed by atoms with Gasteiger partial charge in [0.1, 0.15) is 6.33 Å². The topological polar surface area (TPSA) is 60.2 Å². The zero-order valence-electron chi connectivity index (χ0n) is 13.7. The Hall–Kier alpha value is -1.08. The van der Waals surface area contributed by atoms with Crippen molar-refractivity contribution < 1.29 is 9.53 Å². The largest absolute Gasteiger partial charge is 0.385 e. The molecule has 22 heavy (non-hydrogen) atoms. The summed E-state index contributed by atoms with van der Waals surface area (Å²) in [6.45, 7) is 7.72. The van der Waals surface area contributed by atoms with Crippen molar-refractivity contribution in [2.75, 3.05) is 32.6 Å². The minimum Gasteiger partial charge on any atom is -0.385 e. The number of carbonyl (C=O) groups is 1. The van der Waals surface area contributed by atoms with Gasteiger partial charge in [-0.2, -0.15) is 0 Å². The van der Waals surface area contributed by atoms with Gasteiger partial charge in [-0.15, -0.1) is 10.2 Å². The highest BCUT2D eigenvalue weighted by Gasteiger charge is 2.25. The van der Waals surface area contributed by atoms with Crippen molar-refractivity contribution in [3.8, 4) is 0 Å². The zero-order chi connectivity index (χ0) is 15.9. The number of amides is 1. The molecule has 1 fully saturated rings. The van der Waals surface area contributed by atoms with E-state index in [1.165, 1.54) is 18.2 Å². The summed E-state index contributed by atoms with van der Waals surface area (Å²) >= 11 is 1.47. The first-order valence-corrected chi connectivity index (χ1v) is 8.86. The number of aryl methyl sites for hydroxylation is 1. The molecule has 1 aromatic rings. The van der Waals surface area contributed by atoms with Crippen molar-refractivity contribution >= 4 is 17.7 Å². The molecule has 1 saturated heterocycles. The lowest BCUT2D eigenvalue weighted by Gasteiger charge is -2.34. The van der Waals surface area contributed by atoms with Gasteiger partial charge in [0, 0.05) is 33.4 Å². The molecule has 1 aliphatic heterocycles. The van der Waals surface area contributed by atoms with Crippen LogP contribution in [0.1, 0.15) is 26.7 Å². The Labute approximate surface area is 136 Å². The van der Waals surface area contributed by atoms with Crippen LogP contribution in [0.2, 0.25) is 0 Å². The molecular formula is C15H26N4O2S. The maximum absolute atomic E-state index is 12.4. The number of methoxy groups -OCH3 is 1. The molecule has 7 heteroatoms. The summed E-state index contributed by atoms with van der Waals surface area (Å²) in [4.78, 5) is 14.4. The van der Waals surface area contributed by atoms with Crippen LogP contribution < -0.4 is 0 Å². The standard InChI is InChI=1S/C15H26N4O2S/c1-12-7-13(2)9-19(8-12)14(20)10-22-15-17-16-11-18(15)5-4-6-21-3/h11-13H,4-10H2,1-3H3. The fourth-order valence-corrected chi connectivity index (χ4v) is 3.82. The summed E-state index contributed by atoms with van der Waals surface area (Å²) in [5.41, 5.74) is 0. The lowest BCUT2D eigenvalue weighted by atomic mass is 9.92. The van der Waals surface area contributed by atoms with E-state index >= 15 is 0 Å². The number of nitrogens with zero attached hydrogens (tertiary/aromatic N) is 4. The van der Waals surface area contributed by atoms with Gasteiger partial charge in [0.15, 0.2) is 5.16 Å². The Balaban J connectivity index is 1.82. The van der Waals surface area contributed by atoms with Gasteiger partial charge in [-0.1, -0.05) is 25.6 Å². The third-order valence-electron chi connectivity index (χ3n) is 3.87. The van der Waals surface area contributed by atoms with Gasteiger partial charge in [-0.3, -0.25) is 4.79 Å². The normalized spacial score (nSPS) is 22.0. The van der Waals surface area contributed by atoms with E-state index in [1.807, 2.05) is 9.47 Å². The van der Waals surface area contributed by atoms with Crippen LogP contribution in [0.15, 0.2) is 11.5 Å². The van der Waals surface area contributed by atoms with Gasteiger partial charge in [0.05, 0.1) is 5.75 Å². The smallest absolute Gasteiger partial charge is 0.233 e. The van der Waals surface area contributed by atoms with E-state index in [0.29, 0.717) is 24.2 Å². The molecule has 2 unspecified atom stereocenters. The van der Waals surface area contributed by atoms with E-state index in [0.717, 1.165) is 31.2 Å². The number of carbonyl (C=O) groups excluding carboxylic acids is 1. The Morgan fingerprint density at radius 2 is 2.14 bits per heavy atom. The molecule has 1 aromatic heterocycles. The van der Waals surface area contributed by atoms with Gasteiger partial charge < -0.3 is 14.2 Å². The van der Waals surface area contributed by atoms with Crippen molar-refractivity contribution in [1.82, 2.24) is 19.7 Å². The summed E-state index contributed by atoms with van der Waals surface area (Å²) in [6.07, 6.45) is 3.84. The van der Waals surface area contributed by atoms with Crippen LogP contribution in [-0.4, -0.2) is 58.1 Å². The predicted molar refractivity (Wildman–Crippen MR) is 86.8 cm³/mol. The lowest BCUT2D eigenvalue weighted by molar-refractivity contribution is -0.130. The second-order valence-electron chi connectivity index (χ2n) is 6.19. The molecule has 2 heterocycles. The molecule has 6 nitrogen and oxygen atoms in total. The van der Waals surface area contributed by atoms with Gasteiger partial charge in [0.25, 0.3) is 0 Å². The number of ether oxygens (including phenoxy) is 1. The predicted octanol–water partition coefficient (Wildman–Crippen LogP) is 1.91. The number of hydrogen-bond donors (Lipinski definition) is 0. The van der Waals surface area contributed by atoms with E-state index in [9.17, 15) is 4.79 Å². The second kappa shape index (κ2) is 8.53. The number of aromatic nitrogens is 3. The molecular weight excluding hydrogens is 300 g/mol. The molecule has 0 aromatic carbocycles. The van der Waals surface area contributed by atoms with Crippen LogP contribution in [0.3, 0.4) is 0 Å². The van der Waals surface area contributed by atoms with Gasteiger partial charge >= 0.3 is 0 Å². The Kier molecular flexibility index (Phi) is 6.70. The molecule has 2 atom stereocenters. The number of likely N-dealkylation sites (tertiary alicyclic amines) is 1. The molecule has 0 spiro atoms. The summed E-state index contributed by atoms with van der Waals surface area (Å²) in [7, 11) is 1.70. The first-order chi connectivity index (χ1) is 10.6. The number of thioether (sulfide) groups is 1. The maximum atomic E-state index is 12.4. The maximum Gasteiger partial charge on any atom is 0.233 e. The minimum absolute atomic E-state index is 0.204. The molecule has 2 rings (SSSR count). The van der Waals surface area contributed by atoms with E-state index in [1.54, 1.807) is 13.4 Å². The van der Waals surface area contributed by atoms with Gasteiger partial charge in [0.2, 0.25) is 5.91 Å². The summed E-state index contributed by atoms with van der Waals surface area (Å²) in [5.74, 6) is 1.82. The highest BCUT2D eigenvalue weighted by molar-refractivity contribution is 7.99. The monoisotopic (exact) mass is 326 g/mol. The van der Waals surface area contributed by atoms with Crippen LogP contribution in [0, 0.1) is 11.8 Å². The molecule has 0 radical (unpaired) electrons. The Bertz CT molecular complexity index is 470. The number of hydrogen-bond acceptors (Lipinski definition) is 5. The molecule has 1 aliphatic rings. The highest BCUT2D eigenvalue weighted by Crippen LogP contribution is 2.23. The number of rotatable bonds is 7.